The summed E-state index contributed by atoms with van der Waals surface area (Å²) < 4.78 is 7.53. The summed E-state index contributed by atoms with van der Waals surface area (Å²) >= 11 is 0. The van der Waals surface area contributed by atoms with Crippen LogP contribution in [0.1, 0.15) is 126 Å². The Bertz CT molecular complexity index is 1610. The summed E-state index contributed by atoms with van der Waals surface area (Å²) in [7, 11) is 1.35. The summed E-state index contributed by atoms with van der Waals surface area (Å²) in [6.07, 6.45) is 1.78. The number of aliphatic hydroxyl groups is 1. The van der Waals surface area contributed by atoms with Gasteiger partial charge in [-0.05, 0) is 42.2 Å². The van der Waals surface area contributed by atoms with Crippen molar-refractivity contribution >= 4 is 29.0 Å². The van der Waals surface area contributed by atoms with Crippen molar-refractivity contribution in [1.82, 2.24) is 0 Å². The number of amidine groups is 1. The average molecular weight is 652 g/mol. The van der Waals surface area contributed by atoms with Gasteiger partial charge in [-0.1, -0.05) is 122 Å². The molecule has 1 heterocycles. The van der Waals surface area contributed by atoms with Crippen LogP contribution in [-0.4, -0.2) is 47.5 Å². The van der Waals surface area contributed by atoms with E-state index in [4.69, 9.17) is 4.74 Å². The molecule has 1 aliphatic rings. The lowest BCUT2D eigenvalue weighted by Gasteiger charge is -2.25. The molecule has 1 N–H and O–H groups in total. The average Bonchev–Trinajstić information content (AvgIpc) is 3.50. The van der Waals surface area contributed by atoms with Crippen LogP contribution in [0.25, 0.3) is 0 Å². The van der Waals surface area contributed by atoms with E-state index in [-0.39, 0.29) is 41.6 Å². The van der Waals surface area contributed by atoms with Crippen LogP contribution in [-0.2, 0) is 14.3 Å². The van der Waals surface area contributed by atoms with Crippen molar-refractivity contribution in [1.29, 1.82) is 0 Å². The third-order valence-electron chi connectivity index (χ3n) is 9.48. The van der Waals surface area contributed by atoms with Crippen molar-refractivity contribution in [3.8, 4) is 0 Å². The van der Waals surface area contributed by atoms with Gasteiger partial charge in [0.05, 0.1) is 13.0 Å². The smallest absolute Gasteiger partial charge is 0.325 e. The zero-order valence-corrected chi connectivity index (χ0v) is 30.6. The predicted octanol–water partition coefficient (Wildman–Crippen LogP) is 9.74. The highest BCUT2D eigenvalue weighted by atomic mass is 16.5. The van der Waals surface area contributed by atoms with E-state index in [1.165, 1.54) is 36.3 Å². The van der Waals surface area contributed by atoms with Crippen LogP contribution in [0, 0.1) is 5.92 Å². The lowest BCUT2D eigenvalue weighted by molar-refractivity contribution is -0.430. The van der Waals surface area contributed by atoms with E-state index in [0.717, 1.165) is 16.9 Å². The van der Waals surface area contributed by atoms with Crippen LogP contribution in [0.5, 0.6) is 0 Å². The van der Waals surface area contributed by atoms with Crippen LogP contribution in [0.2, 0.25) is 0 Å². The second kappa shape index (κ2) is 15.8. The molecule has 48 heavy (non-hydrogen) atoms. The number of anilines is 1. The Labute approximate surface area is 288 Å². The molecule has 3 aromatic rings. The maximum absolute atomic E-state index is 13.3. The number of benzene rings is 3. The summed E-state index contributed by atoms with van der Waals surface area (Å²) in [6, 6.07) is 22.7. The van der Waals surface area contributed by atoms with Crippen LogP contribution >= 0.6 is 0 Å². The van der Waals surface area contributed by atoms with Crippen molar-refractivity contribution in [2.24, 2.45) is 5.92 Å². The summed E-state index contributed by atoms with van der Waals surface area (Å²) in [5, 5.41) is 12.6. The molecule has 6 nitrogen and oxygen atoms in total. The number of nitrogens with zero attached hydrogens (tertiary/aromatic N) is 2. The summed E-state index contributed by atoms with van der Waals surface area (Å²) in [4.78, 5) is 28.1. The van der Waals surface area contributed by atoms with Crippen molar-refractivity contribution < 1.29 is 24.0 Å². The Morgan fingerprint density at radius 2 is 1.29 bits per heavy atom. The first-order chi connectivity index (χ1) is 22.8. The molecule has 0 radical (unpaired) electrons. The van der Waals surface area contributed by atoms with E-state index < -0.39 is 17.8 Å². The topological polar surface area (TPSA) is 69.9 Å². The van der Waals surface area contributed by atoms with Gasteiger partial charge in [0.25, 0.3) is 0 Å². The van der Waals surface area contributed by atoms with Gasteiger partial charge in [-0.25, -0.2) is 9.48 Å². The fourth-order valence-electron chi connectivity index (χ4n) is 7.10. The van der Waals surface area contributed by atoms with Crippen LogP contribution in [0.4, 0.5) is 11.4 Å². The molecule has 6 heteroatoms. The number of ketones is 1. The van der Waals surface area contributed by atoms with Gasteiger partial charge in [-0.3, -0.25) is 4.79 Å². The maximum Gasteiger partial charge on any atom is 0.325 e. The summed E-state index contributed by atoms with van der Waals surface area (Å²) in [5.41, 5.74) is 7.95. The van der Waals surface area contributed by atoms with E-state index in [2.05, 4.69) is 101 Å². The van der Waals surface area contributed by atoms with Crippen LogP contribution in [0.15, 0.2) is 78.6 Å². The SMILES string of the molecule is COC(=O)C(CC(C)=O)C(/C=C(\O)C1=[N+](c2c(C(C)C)cccc2C(C)C)CCN1c1c(C(C)C)cccc1C(C)C)c1ccccc1. The first kappa shape index (κ1) is 36.6. The maximum atomic E-state index is 13.3. The number of hydrogen-bond acceptors (Lipinski definition) is 5. The number of carbonyl (C=O) groups excluding carboxylic acids is 2. The van der Waals surface area contributed by atoms with Gasteiger partial charge in [0.15, 0.2) is 0 Å². The monoisotopic (exact) mass is 651 g/mol. The number of ether oxygens (including phenoxy) is 1. The molecule has 0 aliphatic carbocycles. The molecule has 0 spiro atoms. The molecular formula is C42H55N2O4+. The second-order valence-electron chi connectivity index (χ2n) is 14.3. The number of Topliss-reactive ketones (excluding diaryl/α,β-unsaturated/α-hetero) is 1. The molecular weight excluding hydrogens is 596 g/mol. The van der Waals surface area contributed by atoms with Gasteiger partial charge in [0.2, 0.25) is 5.76 Å². The molecule has 3 aromatic carbocycles. The number of para-hydroxylation sites is 2. The van der Waals surface area contributed by atoms with Gasteiger partial charge in [0, 0.05) is 34.6 Å². The number of rotatable bonds is 13. The van der Waals surface area contributed by atoms with E-state index >= 15 is 0 Å². The lowest BCUT2D eigenvalue weighted by atomic mass is 9.82. The molecule has 2 unspecified atom stereocenters. The highest BCUT2D eigenvalue weighted by Crippen LogP contribution is 2.41. The molecule has 0 fully saturated rings. The molecule has 256 valence electrons. The minimum atomic E-state index is -0.802. The lowest BCUT2D eigenvalue weighted by Crippen LogP contribution is -2.34. The number of aliphatic hydroxyl groups excluding tert-OH is 1. The highest BCUT2D eigenvalue weighted by Gasteiger charge is 2.42. The third kappa shape index (κ3) is 7.75. The third-order valence-corrected chi connectivity index (χ3v) is 9.48. The molecule has 0 bridgehead atoms. The van der Waals surface area contributed by atoms with E-state index in [9.17, 15) is 14.7 Å². The fourth-order valence-corrected chi connectivity index (χ4v) is 7.10. The quantitative estimate of drug-likeness (QED) is 0.113. The highest BCUT2D eigenvalue weighted by molar-refractivity contribution is 6.07. The standard InChI is InChI=1S/C42H54N2O4/c1-26(2)32-18-14-19-33(27(3)4)39(32)43-22-23-44(40-34(28(5)6)20-15-21-35(40)29(7)8)41(43)38(46)25-36(31-16-12-11-13-17-31)37(24-30(9)45)42(47)48-10/h11-21,25-29,36-37H,22-24H2,1-10H3/p+1/b38-25-. The van der Waals surface area contributed by atoms with Gasteiger partial charge in [0.1, 0.15) is 30.2 Å². The Morgan fingerprint density at radius 1 is 0.792 bits per heavy atom. The minimum absolute atomic E-state index is 0.000136. The molecule has 0 aromatic heterocycles. The molecule has 0 saturated carbocycles. The van der Waals surface area contributed by atoms with Gasteiger partial charge in [-0.2, -0.15) is 0 Å². The number of allylic oxidation sites excluding steroid dienone is 1. The Hall–Kier alpha value is -4.19. The first-order valence-electron chi connectivity index (χ1n) is 17.5. The van der Waals surface area contributed by atoms with Gasteiger partial charge in [-0.15, -0.1) is 0 Å². The number of methoxy groups -OCH3 is 1. The van der Waals surface area contributed by atoms with Gasteiger partial charge >= 0.3 is 11.8 Å². The first-order valence-corrected chi connectivity index (χ1v) is 17.5. The number of esters is 1. The number of carbonyl (C=O) groups is 2. The van der Waals surface area contributed by atoms with Crippen molar-refractivity contribution in [2.45, 2.75) is 98.3 Å². The Morgan fingerprint density at radius 3 is 1.75 bits per heavy atom. The second-order valence-corrected chi connectivity index (χ2v) is 14.3. The van der Waals surface area contributed by atoms with E-state index in [0.29, 0.717) is 18.9 Å². The Balaban J connectivity index is 2.12. The van der Waals surface area contributed by atoms with Crippen molar-refractivity contribution in [3.05, 3.63) is 106 Å². The summed E-state index contributed by atoms with van der Waals surface area (Å²) in [5.74, 6) is -0.220. The summed E-state index contributed by atoms with van der Waals surface area (Å²) in [6.45, 7) is 20.5. The number of hydrogen-bond donors (Lipinski definition) is 1. The largest absolute Gasteiger partial charge is 0.501 e. The van der Waals surface area contributed by atoms with Crippen molar-refractivity contribution in [2.75, 3.05) is 25.1 Å². The normalized spacial score (nSPS) is 15.2. The Kier molecular flexibility index (Phi) is 12.1. The van der Waals surface area contributed by atoms with Gasteiger partial charge < -0.3 is 14.6 Å². The van der Waals surface area contributed by atoms with Crippen LogP contribution < -0.4 is 4.90 Å². The zero-order valence-electron chi connectivity index (χ0n) is 30.6. The minimum Gasteiger partial charge on any atom is -0.501 e. The zero-order chi connectivity index (χ0) is 35.3. The molecule has 4 rings (SSSR count). The van der Waals surface area contributed by atoms with E-state index in [1.54, 1.807) is 6.08 Å². The molecule has 0 amide bonds. The van der Waals surface area contributed by atoms with E-state index in [1.807, 2.05) is 30.3 Å². The van der Waals surface area contributed by atoms with Crippen LogP contribution in [0.3, 0.4) is 0 Å². The van der Waals surface area contributed by atoms with Crippen molar-refractivity contribution in [3.63, 3.8) is 0 Å². The molecule has 2 atom stereocenters. The fraction of sp³-hybridized carbons (Fsp3) is 0.452. The predicted molar refractivity (Wildman–Crippen MR) is 197 cm³/mol. The molecule has 0 saturated heterocycles. The molecule has 1 aliphatic heterocycles.